The fourth-order valence-electron chi connectivity index (χ4n) is 2.31. The van der Waals surface area contributed by atoms with Crippen molar-refractivity contribution in [1.29, 1.82) is 0 Å². The highest BCUT2D eigenvalue weighted by molar-refractivity contribution is 4.76. The average Bonchev–Trinajstić information content (AvgIpc) is 1.81. The van der Waals surface area contributed by atoms with Gasteiger partial charge in [-0.2, -0.15) is 0 Å². The molecule has 1 nitrogen and oxygen atoms in total. The fraction of sp³-hybridized carbons (Fsp3) is 1.00. The number of rotatable bonds is 6. The first kappa shape index (κ1) is 13.0. The predicted octanol–water partition coefficient (Wildman–Crippen LogP) is 3.61. The second-order valence-corrected chi connectivity index (χ2v) is 5.19. The van der Waals surface area contributed by atoms with Gasteiger partial charge in [0.15, 0.2) is 0 Å². The molecule has 1 heteroatoms. The van der Waals surface area contributed by atoms with Gasteiger partial charge < -0.3 is 5.11 Å². The number of hydrogen-bond acceptors (Lipinski definition) is 1. The summed E-state index contributed by atoms with van der Waals surface area (Å²) < 4.78 is 0. The molecule has 0 spiro atoms. The Morgan fingerprint density at radius 1 is 1.15 bits per heavy atom. The molecular formula is C12H26O. The van der Waals surface area contributed by atoms with Crippen LogP contribution < -0.4 is 0 Å². The van der Waals surface area contributed by atoms with E-state index in [4.69, 9.17) is 0 Å². The number of hydrogen-bond donors (Lipinski definition) is 1. The first-order valence-corrected chi connectivity index (χ1v) is 5.59. The molecule has 0 aliphatic heterocycles. The molecule has 80 valence electrons. The van der Waals surface area contributed by atoms with E-state index in [0.717, 1.165) is 12.8 Å². The summed E-state index contributed by atoms with van der Waals surface area (Å²) in [5.41, 5.74) is -0.456. The van der Waals surface area contributed by atoms with Crippen LogP contribution in [0.2, 0.25) is 0 Å². The van der Waals surface area contributed by atoms with Gasteiger partial charge in [-0.3, -0.25) is 0 Å². The van der Waals surface area contributed by atoms with Gasteiger partial charge in [-0.15, -0.1) is 0 Å². The molecule has 0 amide bonds. The summed E-state index contributed by atoms with van der Waals surface area (Å²) in [6.07, 6.45) is 4.31. The summed E-state index contributed by atoms with van der Waals surface area (Å²) in [6.45, 7) is 10.7. The maximum atomic E-state index is 10.1. The molecule has 0 aromatic rings. The fourth-order valence-corrected chi connectivity index (χ4v) is 2.31. The van der Waals surface area contributed by atoms with Gasteiger partial charge >= 0.3 is 0 Å². The highest BCUT2D eigenvalue weighted by Crippen LogP contribution is 2.26. The zero-order valence-corrected chi connectivity index (χ0v) is 9.93. The summed E-state index contributed by atoms with van der Waals surface area (Å²) >= 11 is 0. The van der Waals surface area contributed by atoms with Crippen molar-refractivity contribution in [3.05, 3.63) is 0 Å². The zero-order valence-electron chi connectivity index (χ0n) is 9.93. The van der Waals surface area contributed by atoms with E-state index in [9.17, 15) is 5.11 Å². The van der Waals surface area contributed by atoms with Gasteiger partial charge in [0.2, 0.25) is 0 Å². The third-order valence-corrected chi connectivity index (χ3v) is 2.42. The van der Waals surface area contributed by atoms with E-state index in [1.807, 2.05) is 6.92 Å². The van der Waals surface area contributed by atoms with Crippen LogP contribution >= 0.6 is 0 Å². The highest BCUT2D eigenvalue weighted by Gasteiger charge is 2.23. The van der Waals surface area contributed by atoms with Crippen LogP contribution in [0.1, 0.15) is 60.3 Å². The molecular weight excluding hydrogens is 160 g/mol. The van der Waals surface area contributed by atoms with Gasteiger partial charge in [-0.05, 0) is 31.6 Å². The summed E-state index contributed by atoms with van der Waals surface area (Å²) in [6, 6.07) is 0. The topological polar surface area (TPSA) is 20.2 Å². The molecule has 0 radical (unpaired) electrons. The molecule has 0 rings (SSSR count). The lowest BCUT2D eigenvalue weighted by Gasteiger charge is -2.28. The predicted molar refractivity (Wildman–Crippen MR) is 58.8 cm³/mol. The van der Waals surface area contributed by atoms with Crippen molar-refractivity contribution in [2.45, 2.75) is 65.9 Å². The Balaban J connectivity index is 3.85. The van der Waals surface area contributed by atoms with Crippen LogP contribution in [0.5, 0.6) is 0 Å². The highest BCUT2D eigenvalue weighted by atomic mass is 16.3. The Bertz CT molecular complexity index is 127. The average molecular weight is 186 g/mol. The quantitative estimate of drug-likeness (QED) is 0.672. The smallest absolute Gasteiger partial charge is 0.0624 e. The molecule has 1 N–H and O–H groups in total. The van der Waals surface area contributed by atoms with E-state index in [-0.39, 0.29) is 0 Å². The van der Waals surface area contributed by atoms with Gasteiger partial charge in [0.1, 0.15) is 0 Å². The molecule has 0 aromatic heterocycles. The molecule has 2 atom stereocenters. The van der Waals surface area contributed by atoms with Crippen molar-refractivity contribution in [1.82, 2.24) is 0 Å². The summed E-state index contributed by atoms with van der Waals surface area (Å²) in [5.74, 6) is 1.24. The van der Waals surface area contributed by atoms with Crippen LogP contribution in [0.4, 0.5) is 0 Å². The van der Waals surface area contributed by atoms with Gasteiger partial charge in [0.05, 0.1) is 5.60 Å². The minimum Gasteiger partial charge on any atom is -0.390 e. The Hall–Kier alpha value is -0.0400. The maximum Gasteiger partial charge on any atom is 0.0624 e. The van der Waals surface area contributed by atoms with Crippen LogP contribution in [-0.2, 0) is 0 Å². The minimum atomic E-state index is -0.456. The first-order chi connectivity index (χ1) is 5.87. The number of aliphatic hydroxyl groups is 1. The molecule has 0 heterocycles. The molecule has 0 fully saturated rings. The van der Waals surface area contributed by atoms with E-state index in [1.165, 1.54) is 12.8 Å². The molecule has 13 heavy (non-hydrogen) atoms. The molecule has 0 aliphatic rings. The van der Waals surface area contributed by atoms with Crippen molar-refractivity contribution in [3.8, 4) is 0 Å². The second kappa shape index (κ2) is 5.64. The third-order valence-electron chi connectivity index (χ3n) is 2.42. The standard InChI is InChI=1S/C12H26O/c1-6-7-11(4)9-12(5,13)8-10(2)3/h10-11,13H,6-9H2,1-5H3. The van der Waals surface area contributed by atoms with Crippen molar-refractivity contribution in [2.24, 2.45) is 11.8 Å². The Morgan fingerprint density at radius 2 is 1.69 bits per heavy atom. The van der Waals surface area contributed by atoms with Gasteiger partial charge in [-0.1, -0.05) is 40.5 Å². The molecule has 0 aromatic carbocycles. The molecule has 0 bridgehead atoms. The zero-order chi connectivity index (χ0) is 10.5. The SMILES string of the molecule is CCCC(C)CC(C)(O)CC(C)C. The van der Waals surface area contributed by atoms with E-state index >= 15 is 0 Å². The largest absolute Gasteiger partial charge is 0.390 e. The van der Waals surface area contributed by atoms with Crippen LogP contribution in [0.3, 0.4) is 0 Å². The van der Waals surface area contributed by atoms with Gasteiger partial charge in [-0.25, -0.2) is 0 Å². The lowest BCUT2D eigenvalue weighted by Crippen LogP contribution is -2.28. The van der Waals surface area contributed by atoms with Crippen molar-refractivity contribution >= 4 is 0 Å². The van der Waals surface area contributed by atoms with Gasteiger partial charge in [0, 0.05) is 0 Å². The Labute approximate surface area is 83.5 Å². The van der Waals surface area contributed by atoms with Crippen molar-refractivity contribution in [3.63, 3.8) is 0 Å². The monoisotopic (exact) mass is 186 g/mol. The molecule has 2 unspecified atom stereocenters. The lowest BCUT2D eigenvalue weighted by molar-refractivity contribution is 0.0154. The second-order valence-electron chi connectivity index (χ2n) is 5.19. The van der Waals surface area contributed by atoms with Crippen molar-refractivity contribution < 1.29 is 5.11 Å². The minimum absolute atomic E-state index is 0.456. The summed E-state index contributed by atoms with van der Waals surface area (Å²) in [5, 5.41) is 10.1. The van der Waals surface area contributed by atoms with Gasteiger partial charge in [0.25, 0.3) is 0 Å². The summed E-state index contributed by atoms with van der Waals surface area (Å²) in [4.78, 5) is 0. The first-order valence-electron chi connectivity index (χ1n) is 5.59. The van der Waals surface area contributed by atoms with Crippen LogP contribution in [0, 0.1) is 11.8 Å². The van der Waals surface area contributed by atoms with E-state index in [2.05, 4.69) is 27.7 Å². The van der Waals surface area contributed by atoms with Crippen LogP contribution in [-0.4, -0.2) is 10.7 Å². The molecule has 0 aliphatic carbocycles. The van der Waals surface area contributed by atoms with Crippen LogP contribution in [0.25, 0.3) is 0 Å². The molecule has 0 saturated carbocycles. The van der Waals surface area contributed by atoms with E-state index in [0.29, 0.717) is 11.8 Å². The Morgan fingerprint density at radius 3 is 2.08 bits per heavy atom. The van der Waals surface area contributed by atoms with Crippen molar-refractivity contribution in [2.75, 3.05) is 0 Å². The normalized spacial score (nSPS) is 18.7. The third kappa shape index (κ3) is 7.06. The van der Waals surface area contributed by atoms with Crippen LogP contribution in [0.15, 0.2) is 0 Å². The maximum absolute atomic E-state index is 10.1. The summed E-state index contributed by atoms with van der Waals surface area (Å²) in [7, 11) is 0. The molecule has 0 saturated heterocycles. The van der Waals surface area contributed by atoms with E-state index in [1.54, 1.807) is 0 Å². The Kier molecular flexibility index (Phi) is 5.62. The lowest BCUT2D eigenvalue weighted by atomic mass is 9.85. The van der Waals surface area contributed by atoms with E-state index < -0.39 is 5.60 Å².